The maximum absolute atomic E-state index is 12.3. The van der Waals surface area contributed by atoms with Crippen molar-refractivity contribution in [1.82, 2.24) is 0 Å². The van der Waals surface area contributed by atoms with Gasteiger partial charge in [0, 0.05) is 22.5 Å². The van der Waals surface area contributed by atoms with Gasteiger partial charge in [0.1, 0.15) is 0 Å². The summed E-state index contributed by atoms with van der Waals surface area (Å²) in [7, 11) is 0. The molecule has 3 N–H and O–H groups in total. The van der Waals surface area contributed by atoms with E-state index in [0.29, 0.717) is 11.1 Å². The van der Waals surface area contributed by atoms with Crippen LogP contribution >= 0.6 is 0 Å². The van der Waals surface area contributed by atoms with Crippen LogP contribution in [0.3, 0.4) is 0 Å². The Hall–Kier alpha value is -3.11. The molecule has 1 atom stereocenters. The number of aliphatic hydroxyl groups excluding tert-OH is 1. The number of carbonyl (C=O) groups is 1. The third kappa shape index (κ3) is 4.00. The molecule has 0 aliphatic carbocycles. The molecule has 0 fully saturated rings. The molecule has 0 aliphatic heterocycles. The summed E-state index contributed by atoms with van der Waals surface area (Å²) >= 11 is 0. The lowest BCUT2D eigenvalue weighted by molar-refractivity contribution is 0.102. The molecule has 0 heterocycles. The number of rotatable bonds is 5. The minimum absolute atomic E-state index is 0.213. The minimum Gasteiger partial charge on any atom is -0.369 e. The number of hydrogen-bond acceptors (Lipinski definition) is 3. The van der Waals surface area contributed by atoms with Gasteiger partial charge in [0.25, 0.3) is 5.91 Å². The SMILES string of the molecule is O=C(Nc1ccccc1)c1cccc(C(O)Nc2ccccc2)c1. The van der Waals surface area contributed by atoms with Crippen molar-refractivity contribution < 1.29 is 9.90 Å². The number of anilines is 2. The van der Waals surface area contributed by atoms with Crippen molar-refractivity contribution in [3.8, 4) is 0 Å². The Morgan fingerprint density at radius 2 is 1.42 bits per heavy atom. The number of para-hydroxylation sites is 2. The molecule has 0 radical (unpaired) electrons. The Bertz CT molecular complexity index is 804. The van der Waals surface area contributed by atoms with Gasteiger partial charge in [-0.2, -0.15) is 0 Å². The van der Waals surface area contributed by atoms with Gasteiger partial charge < -0.3 is 15.7 Å². The van der Waals surface area contributed by atoms with Crippen molar-refractivity contribution in [2.24, 2.45) is 0 Å². The normalized spacial score (nSPS) is 11.5. The third-order valence-corrected chi connectivity index (χ3v) is 3.57. The van der Waals surface area contributed by atoms with Crippen molar-refractivity contribution in [3.05, 3.63) is 96.1 Å². The predicted octanol–water partition coefficient (Wildman–Crippen LogP) is 4.04. The first-order valence-electron chi connectivity index (χ1n) is 7.68. The number of nitrogens with one attached hydrogen (secondary N) is 2. The zero-order valence-corrected chi connectivity index (χ0v) is 13.0. The summed E-state index contributed by atoms with van der Waals surface area (Å²) in [5.74, 6) is -0.213. The van der Waals surface area contributed by atoms with Gasteiger partial charge in [-0.3, -0.25) is 4.79 Å². The molecule has 1 unspecified atom stereocenters. The molecule has 4 nitrogen and oxygen atoms in total. The van der Waals surface area contributed by atoms with E-state index in [1.54, 1.807) is 24.3 Å². The quantitative estimate of drug-likeness (QED) is 0.622. The van der Waals surface area contributed by atoms with Crippen LogP contribution in [-0.4, -0.2) is 11.0 Å². The summed E-state index contributed by atoms with van der Waals surface area (Å²) in [6.45, 7) is 0. The lowest BCUT2D eigenvalue weighted by atomic mass is 10.1. The highest BCUT2D eigenvalue weighted by Gasteiger charge is 2.11. The second-order valence-corrected chi connectivity index (χ2v) is 5.36. The van der Waals surface area contributed by atoms with Gasteiger partial charge >= 0.3 is 0 Å². The van der Waals surface area contributed by atoms with Crippen LogP contribution in [0.25, 0.3) is 0 Å². The summed E-state index contributed by atoms with van der Waals surface area (Å²) < 4.78 is 0. The Morgan fingerprint density at radius 3 is 2.08 bits per heavy atom. The largest absolute Gasteiger partial charge is 0.369 e. The molecule has 120 valence electrons. The van der Waals surface area contributed by atoms with E-state index in [1.807, 2.05) is 60.7 Å². The van der Waals surface area contributed by atoms with Crippen LogP contribution in [0.4, 0.5) is 11.4 Å². The molecule has 24 heavy (non-hydrogen) atoms. The Kier molecular flexibility index (Phi) is 4.89. The van der Waals surface area contributed by atoms with E-state index in [2.05, 4.69) is 10.6 Å². The second-order valence-electron chi connectivity index (χ2n) is 5.36. The van der Waals surface area contributed by atoms with E-state index in [1.165, 1.54) is 0 Å². The number of hydrogen-bond donors (Lipinski definition) is 3. The lowest BCUT2D eigenvalue weighted by Gasteiger charge is -2.15. The van der Waals surface area contributed by atoms with Crippen LogP contribution in [0.1, 0.15) is 22.1 Å². The van der Waals surface area contributed by atoms with Crippen LogP contribution in [0.5, 0.6) is 0 Å². The highest BCUT2D eigenvalue weighted by molar-refractivity contribution is 6.04. The highest BCUT2D eigenvalue weighted by atomic mass is 16.3. The Labute approximate surface area is 140 Å². The molecular formula is C20H18N2O2. The fourth-order valence-electron chi connectivity index (χ4n) is 2.35. The first-order valence-corrected chi connectivity index (χ1v) is 7.68. The van der Waals surface area contributed by atoms with Gasteiger partial charge in [-0.05, 0) is 36.4 Å². The zero-order valence-electron chi connectivity index (χ0n) is 13.0. The summed E-state index contributed by atoms with van der Waals surface area (Å²) in [6, 6.07) is 25.6. The molecule has 0 aromatic heterocycles. The van der Waals surface area contributed by atoms with Crippen LogP contribution < -0.4 is 10.6 Å². The summed E-state index contributed by atoms with van der Waals surface area (Å²) in [5, 5.41) is 16.2. The second kappa shape index (κ2) is 7.44. The first-order chi connectivity index (χ1) is 11.7. The maximum Gasteiger partial charge on any atom is 0.255 e. The summed E-state index contributed by atoms with van der Waals surface area (Å²) in [4.78, 5) is 12.3. The third-order valence-electron chi connectivity index (χ3n) is 3.57. The predicted molar refractivity (Wildman–Crippen MR) is 95.9 cm³/mol. The Morgan fingerprint density at radius 1 is 0.792 bits per heavy atom. The molecule has 0 saturated heterocycles. The molecular weight excluding hydrogens is 300 g/mol. The molecule has 3 rings (SSSR count). The maximum atomic E-state index is 12.3. The van der Waals surface area contributed by atoms with Crippen molar-refractivity contribution in [2.75, 3.05) is 10.6 Å². The molecule has 0 saturated carbocycles. The van der Waals surface area contributed by atoms with E-state index in [9.17, 15) is 9.90 Å². The van der Waals surface area contributed by atoms with E-state index in [-0.39, 0.29) is 5.91 Å². The van der Waals surface area contributed by atoms with Crippen molar-refractivity contribution in [1.29, 1.82) is 0 Å². The number of benzene rings is 3. The van der Waals surface area contributed by atoms with E-state index < -0.39 is 6.23 Å². The summed E-state index contributed by atoms with van der Waals surface area (Å²) in [5.41, 5.74) is 2.66. The van der Waals surface area contributed by atoms with Gasteiger partial charge in [-0.15, -0.1) is 0 Å². The minimum atomic E-state index is -0.892. The standard InChI is InChI=1S/C20H18N2O2/c23-19(21-17-10-3-1-4-11-17)15-8-7-9-16(14-15)20(24)22-18-12-5-2-6-13-18/h1-14,19,21,23H,(H,22,24). The van der Waals surface area contributed by atoms with Gasteiger partial charge in [0.2, 0.25) is 0 Å². The van der Waals surface area contributed by atoms with E-state index in [4.69, 9.17) is 0 Å². The van der Waals surface area contributed by atoms with E-state index in [0.717, 1.165) is 11.4 Å². The van der Waals surface area contributed by atoms with Crippen LogP contribution in [0.15, 0.2) is 84.9 Å². The number of amides is 1. The molecule has 3 aromatic rings. The molecule has 4 heteroatoms. The van der Waals surface area contributed by atoms with Crippen LogP contribution in [-0.2, 0) is 0 Å². The van der Waals surface area contributed by atoms with Crippen molar-refractivity contribution >= 4 is 17.3 Å². The van der Waals surface area contributed by atoms with Gasteiger partial charge in [-0.1, -0.05) is 48.5 Å². The molecule has 0 aliphatic rings. The van der Waals surface area contributed by atoms with Gasteiger partial charge in [0.05, 0.1) is 0 Å². The van der Waals surface area contributed by atoms with E-state index >= 15 is 0 Å². The van der Waals surface area contributed by atoms with Gasteiger partial charge in [-0.25, -0.2) is 0 Å². The van der Waals surface area contributed by atoms with Crippen molar-refractivity contribution in [2.45, 2.75) is 6.23 Å². The number of aliphatic hydroxyl groups is 1. The smallest absolute Gasteiger partial charge is 0.255 e. The topological polar surface area (TPSA) is 61.4 Å². The molecule has 3 aromatic carbocycles. The first kappa shape index (κ1) is 15.8. The molecule has 0 spiro atoms. The molecule has 0 bridgehead atoms. The number of carbonyl (C=O) groups excluding carboxylic acids is 1. The van der Waals surface area contributed by atoms with Crippen LogP contribution in [0, 0.1) is 0 Å². The highest BCUT2D eigenvalue weighted by Crippen LogP contribution is 2.19. The Balaban J connectivity index is 1.72. The fourth-order valence-corrected chi connectivity index (χ4v) is 2.35. The van der Waals surface area contributed by atoms with Gasteiger partial charge in [0.15, 0.2) is 6.23 Å². The van der Waals surface area contributed by atoms with Crippen molar-refractivity contribution in [3.63, 3.8) is 0 Å². The monoisotopic (exact) mass is 318 g/mol. The summed E-state index contributed by atoms with van der Waals surface area (Å²) in [6.07, 6.45) is -0.892. The fraction of sp³-hybridized carbons (Fsp3) is 0.0500. The lowest BCUT2D eigenvalue weighted by Crippen LogP contribution is -2.14. The average Bonchev–Trinajstić information content (AvgIpc) is 2.63. The zero-order chi connectivity index (χ0) is 16.8. The average molecular weight is 318 g/mol. The van der Waals surface area contributed by atoms with Crippen LogP contribution in [0.2, 0.25) is 0 Å². The molecule has 1 amide bonds.